The van der Waals surface area contributed by atoms with E-state index in [1.807, 2.05) is 4.90 Å². The smallest absolute Gasteiger partial charge is 0.323 e. The summed E-state index contributed by atoms with van der Waals surface area (Å²) in [4.78, 5) is 19.0. The Balaban J connectivity index is 1.29. The number of piperazine rings is 1. The molecule has 1 aromatic carbocycles. The summed E-state index contributed by atoms with van der Waals surface area (Å²) in [5.74, 6) is 1.99. The molecule has 0 bridgehead atoms. The van der Waals surface area contributed by atoms with Gasteiger partial charge in [0.25, 0.3) is 0 Å². The molecule has 1 aromatic heterocycles. The highest BCUT2D eigenvalue weighted by atomic mass is 16.5. The lowest BCUT2D eigenvalue weighted by Gasteiger charge is -2.36. The minimum Gasteiger partial charge on any atom is -0.372 e. The van der Waals surface area contributed by atoms with Crippen LogP contribution in [0.3, 0.4) is 0 Å². The summed E-state index contributed by atoms with van der Waals surface area (Å²) in [5.41, 5.74) is 2.54. The Morgan fingerprint density at radius 2 is 1.57 bits per heavy atom. The van der Waals surface area contributed by atoms with Crippen molar-refractivity contribution in [3.63, 3.8) is 0 Å². The number of anilines is 3. The van der Waals surface area contributed by atoms with Crippen LogP contribution in [0.4, 0.5) is 22.0 Å². The summed E-state index contributed by atoms with van der Waals surface area (Å²) >= 11 is 0. The minimum absolute atomic E-state index is 0.123. The minimum atomic E-state index is -0.123. The number of benzene rings is 1. The van der Waals surface area contributed by atoms with E-state index in [1.54, 1.807) is 13.0 Å². The number of nitrogens with one attached hydrogen (secondary N) is 1. The molecule has 150 valence electrons. The largest absolute Gasteiger partial charge is 0.372 e. The average molecular weight is 383 g/mol. The first kappa shape index (κ1) is 18.7. The van der Waals surface area contributed by atoms with Crippen LogP contribution in [-0.4, -0.2) is 55.4 Å². The fraction of sp³-hybridized carbons (Fsp3) is 0.524. The van der Waals surface area contributed by atoms with Crippen molar-refractivity contribution >= 4 is 23.2 Å². The third-order valence-electron chi connectivity index (χ3n) is 5.79. The van der Waals surface area contributed by atoms with Crippen LogP contribution in [0.15, 0.2) is 34.9 Å². The standard InChI is InChI=1S/C21H29N5O2/c1-16-7-9-24(10-8-16)18-3-5-19(6-4-18)25-11-13-26(14-12-25)21(27)22-20-15-17(2)28-23-20/h3-6,15-16H,7-14H2,1-2H3,(H,22,23,27). The maximum atomic E-state index is 12.4. The predicted octanol–water partition coefficient (Wildman–Crippen LogP) is 3.57. The van der Waals surface area contributed by atoms with Crippen molar-refractivity contribution in [3.05, 3.63) is 36.1 Å². The molecule has 2 saturated heterocycles. The molecule has 2 fully saturated rings. The Morgan fingerprint density at radius 3 is 2.11 bits per heavy atom. The molecule has 1 N–H and O–H groups in total. The molecule has 28 heavy (non-hydrogen) atoms. The van der Waals surface area contributed by atoms with Crippen molar-refractivity contribution in [3.8, 4) is 0 Å². The lowest BCUT2D eigenvalue weighted by atomic mass is 9.99. The zero-order valence-electron chi connectivity index (χ0n) is 16.7. The highest BCUT2D eigenvalue weighted by molar-refractivity contribution is 5.88. The molecule has 7 nitrogen and oxygen atoms in total. The van der Waals surface area contributed by atoms with Crippen LogP contribution in [0.25, 0.3) is 0 Å². The fourth-order valence-electron chi connectivity index (χ4n) is 3.92. The van der Waals surface area contributed by atoms with E-state index in [1.165, 1.54) is 24.2 Å². The molecule has 0 unspecified atom stereocenters. The summed E-state index contributed by atoms with van der Waals surface area (Å²) in [5, 5.41) is 6.61. The van der Waals surface area contributed by atoms with Crippen LogP contribution in [0.2, 0.25) is 0 Å². The van der Waals surface area contributed by atoms with Crippen molar-refractivity contribution in [2.24, 2.45) is 5.92 Å². The molecule has 0 radical (unpaired) electrons. The zero-order valence-corrected chi connectivity index (χ0v) is 16.7. The number of hydrogen-bond donors (Lipinski definition) is 1. The number of rotatable bonds is 3. The highest BCUT2D eigenvalue weighted by Gasteiger charge is 2.22. The molecule has 4 rings (SSSR count). The van der Waals surface area contributed by atoms with Crippen LogP contribution in [0, 0.1) is 12.8 Å². The molecule has 0 saturated carbocycles. The maximum absolute atomic E-state index is 12.4. The number of amides is 2. The molecule has 2 aliphatic rings. The number of carbonyl (C=O) groups is 1. The molecule has 0 aliphatic carbocycles. The van der Waals surface area contributed by atoms with Gasteiger partial charge in [0, 0.05) is 56.7 Å². The first-order chi connectivity index (χ1) is 13.6. The number of aromatic nitrogens is 1. The molecule has 0 atom stereocenters. The topological polar surface area (TPSA) is 64.9 Å². The molecular formula is C21H29N5O2. The monoisotopic (exact) mass is 383 g/mol. The van der Waals surface area contributed by atoms with Gasteiger partial charge in [-0.2, -0.15) is 0 Å². The summed E-state index contributed by atoms with van der Waals surface area (Å²) in [7, 11) is 0. The van der Waals surface area contributed by atoms with Gasteiger partial charge in [-0.25, -0.2) is 4.79 Å². The van der Waals surface area contributed by atoms with Crippen molar-refractivity contribution in [2.45, 2.75) is 26.7 Å². The normalized spacial score (nSPS) is 18.4. The second kappa shape index (κ2) is 8.12. The van der Waals surface area contributed by atoms with Crippen LogP contribution < -0.4 is 15.1 Å². The van der Waals surface area contributed by atoms with Crippen molar-refractivity contribution in [2.75, 3.05) is 54.4 Å². The van der Waals surface area contributed by atoms with Gasteiger partial charge in [0.15, 0.2) is 5.82 Å². The molecule has 0 spiro atoms. The highest BCUT2D eigenvalue weighted by Crippen LogP contribution is 2.26. The van der Waals surface area contributed by atoms with Gasteiger partial charge >= 0.3 is 6.03 Å². The number of nitrogens with zero attached hydrogens (tertiary/aromatic N) is 4. The van der Waals surface area contributed by atoms with Gasteiger partial charge in [0.05, 0.1) is 0 Å². The Morgan fingerprint density at radius 1 is 1.00 bits per heavy atom. The van der Waals surface area contributed by atoms with Gasteiger partial charge in [0.1, 0.15) is 5.76 Å². The fourth-order valence-corrected chi connectivity index (χ4v) is 3.92. The van der Waals surface area contributed by atoms with Gasteiger partial charge in [0.2, 0.25) is 0 Å². The Labute approximate surface area is 166 Å². The summed E-state index contributed by atoms with van der Waals surface area (Å²) in [6.45, 7) is 9.48. The number of hydrogen-bond acceptors (Lipinski definition) is 5. The maximum Gasteiger partial charge on any atom is 0.323 e. The Bertz CT molecular complexity index is 787. The van der Waals surface area contributed by atoms with E-state index in [0.29, 0.717) is 24.7 Å². The quantitative estimate of drug-likeness (QED) is 0.878. The third-order valence-corrected chi connectivity index (χ3v) is 5.79. The van der Waals surface area contributed by atoms with Crippen molar-refractivity contribution in [1.29, 1.82) is 0 Å². The summed E-state index contributed by atoms with van der Waals surface area (Å²) < 4.78 is 4.99. The molecule has 7 heteroatoms. The lowest BCUT2D eigenvalue weighted by molar-refractivity contribution is 0.208. The van der Waals surface area contributed by atoms with E-state index in [0.717, 1.165) is 32.1 Å². The van der Waals surface area contributed by atoms with Gasteiger partial charge in [-0.3, -0.25) is 5.32 Å². The van der Waals surface area contributed by atoms with E-state index in [4.69, 9.17) is 4.52 Å². The molecule has 2 amide bonds. The summed E-state index contributed by atoms with van der Waals surface area (Å²) in [6.07, 6.45) is 2.55. The van der Waals surface area contributed by atoms with E-state index in [-0.39, 0.29) is 6.03 Å². The summed E-state index contributed by atoms with van der Waals surface area (Å²) in [6, 6.07) is 10.5. The van der Waals surface area contributed by atoms with E-state index in [9.17, 15) is 4.79 Å². The number of carbonyl (C=O) groups excluding carboxylic acids is 1. The SMILES string of the molecule is Cc1cc(NC(=O)N2CCN(c3ccc(N4CCC(C)CC4)cc3)CC2)no1. The third kappa shape index (κ3) is 4.24. The zero-order chi connectivity index (χ0) is 19.5. The average Bonchev–Trinajstić information content (AvgIpc) is 3.13. The predicted molar refractivity (Wildman–Crippen MR) is 111 cm³/mol. The number of urea groups is 1. The molecule has 2 aliphatic heterocycles. The molecule has 3 heterocycles. The van der Waals surface area contributed by atoms with Gasteiger partial charge in [-0.15, -0.1) is 0 Å². The van der Waals surface area contributed by atoms with Crippen LogP contribution >= 0.6 is 0 Å². The van der Waals surface area contributed by atoms with Crippen LogP contribution in [-0.2, 0) is 0 Å². The number of piperidine rings is 1. The van der Waals surface area contributed by atoms with Crippen molar-refractivity contribution in [1.82, 2.24) is 10.1 Å². The second-order valence-electron chi connectivity index (χ2n) is 7.91. The van der Waals surface area contributed by atoms with Crippen LogP contribution in [0.5, 0.6) is 0 Å². The Hall–Kier alpha value is -2.70. The van der Waals surface area contributed by atoms with E-state index in [2.05, 4.69) is 51.5 Å². The van der Waals surface area contributed by atoms with E-state index >= 15 is 0 Å². The number of aryl methyl sites for hydroxylation is 1. The first-order valence-electron chi connectivity index (χ1n) is 10.2. The first-order valence-corrected chi connectivity index (χ1v) is 10.2. The van der Waals surface area contributed by atoms with Gasteiger partial charge in [-0.05, 0) is 49.9 Å². The van der Waals surface area contributed by atoms with Gasteiger partial charge in [-0.1, -0.05) is 12.1 Å². The lowest BCUT2D eigenvalue weighted by Crippen LogP contribution is -2.50. The van der Waals surface area contributed by atoms with Crippen molar-refractivity contribution < 1.29 is 9.32 Å². The van der Waals surface area contributed by atoms with Crippen LogP contribution in [0.1, 0.15) is 25.5 Å². The molecular weight excluding hydrogens is 354 g/mol. The van der Waals surface area contributed by atoms with Gasteiger partial charge < -0.3 is 19.2 Å². The molecule has 2 aromatic rings. The van der Waals surface area contributed by atoms with E-state index < -0.39 is 0 Å². The second-order valence-corrected chi connectivity index (χ2v) is 7.91. The Kier molecular flexibility index (Phi) is 5.41.